The lowest BCUT2D eigenvalue weighted by atomic mass is 9.96. The van der Waals surface area contributed by atoms with Crippen molar-refractivity contribution in [1.29, 1.82) is 0 Å². The lowest BCUT2D eigenvalue weighted by molar-refractivity contribution is -0.704. The predicted molar refractivity (Wildman–Crippen MR) is 98.0 cm³/mol. The minimum Gasteiger partial charge on any atom is -0.341 e. The summed E-state index contributed by atoms with van der Waals surface area (Å²) < 4.78 is 13.7. The molecule has 0 bridgehead atoms. The molecule has 0 saturated carbocycles. The number of quaternary nitrogens is 1. The summed E-state index contributed by atoms with van der Waals surface area (Å²) in [5.41, 5.74) is 2.93. The number of imide groups is 1. The first kappa shape index (κ1) is 19.6. The SMILES string of the molecule is CCc1ccc([C@@H]([NH2+][C@@H](C)C(=O)NC(=O)NC)c2cccc(F)c2)cc1. The fourth-order valence-corrected chi connectivity index (χ4v) is 2.74. The van der Waals surface area contributed by atoms with Crippen LogP contribution in [0.1, 0.15) is 36.6 Å². The van der Waals surface area contributed by atoms with E-state index in [-0.39, 0.29) is 11.9 Å². The first-order valence-corrected chi connectivity index (χ1v) is 8.66. The lowest BCUT2D eigenvalue weighted by Crippen LogP contribution is -2.93. The number of amides is 3. The van der Waals surface area contributed by atoms with Gasteiger partial charge in [0.15, 0.2) is 6.04 Å². The van der Waals surface area contributed by atoms with Crippen molar-refractivity contribution in [3.8, 4) is 0 Å². The molecule has 5 nitrogen and oxygen atoms in total. The number of urea groups is 1. The standard InChI is InChI=1S/C20H24FN3O2/c1-4-14-8-10-15(11-9-14)18(16-6-5-7-17(21)12-16)23-13(2)19(25)24-20(26)22-3/h5-13,18,23H,4H2,1-3H3,(H2,22,24,25,26)/p+1/t13-,18+/m0/s1. The molecule has 2 rings (SSSR count). The Hall–Kier alpha value is -2.73. The van der Waals surface area contributed by atoms with Gasteiger partial charge in [-0.15, -0.1) is 0 Å². The van der Waals surface area contributed by atoms with E-state index in [0.717, 1.165) is 17.5 Å². The highest BCUT2D eigenvalue weighted by Gasteiger charge is 2.26. The van der Waals surface area contributed by atoms with Crippen LogP contribution >= 0.6 is 0 Å². The Balaban J connectivity index is 2.28. The molecule has 0 aliphatic rings. The summed E-state index contributed by atoms with van der Waals surface area (Å²) in [5.74, 6) is -0.732. The molecule has 0 aromatic heterocycles. The molecule has 0 unspecified atom stereocenters. The largest absolute Gasteiger partial charge is 0.341 e. The van der Waals surface area contributed by atoms with Gasteiger partial charge in [0.1, 0.15) is 11.9 Å². The molecule has 2 atom stereocenters. The second-order valence-corrected chi connectivity index (χ2v) is 6.18. The molecular formula is C20H25FN3O2+. The Kier molecular flexibility index (Phi) is 6.86. The normalized spacial score (nSPS) is 12.9. The van der Waals surface area contributed by atoms with E-state index in [9.17, 15) is 14.0 Å². The Morgan fingerprint density at radius 3 is 2.38 bits per heavy atom. The van der Waals surface area contributed by atoms with E-state index < -0.39 is 18.0 Å². The van der Waals surface area contributed by atoms with Crippen molar-refractivity contribution in [3.05, 3.63) is 71.0 Å². The number of aryl methyl sites for hydroxylation is 1. The molecule has 0 aliphatic heterocycles. The predicted octanol–water partition coefficient (Wildman–Crippen LogP) is 1.89. The highest BCUT2D eigenvalue weighted by Crippen LogP contribution is 2.20. The van der Waals surface area contributed by atoms with Crippen LogP contribution in [0.5, 0.6) is 0 Å². The molecule has 2 aromatic carbocycles. The molecule has 0 heterocycles. The molecule has 26 heavy (non-hydrogen) atoms. The van der Waals surface area contributed by atoms with E-state index in [1.807, 2.05) is 35.6 Å². The Bertz CT molecular complexity index is 762. The van der Waals surface area contributed by atoms with Crippen molar-refractivity contribution in [3.63, 3.8) is 0 Å². The zero-order valence-corrected chi connectivity index (χ0v) is 15.3. The third-order valence-corrected chi connectivity index (χ3v) is 4.31. The van der Waals surface area contributed by atoms with Gasteiger partial charge in [-0.25, -0.2) is 9.18 Å². The summed E-state index contributed by atoms with van der Waals surface area (Å²) in [6, 6.07) is 13.1. The quantitative estimate of drug-likeness (QED) is 0.738. The number of nitrogens with one attached hydrogen (secondary N) is 2. The van der Waals surface area contributed by atoms with E-state index in [1.54, 1.807) is 13.0 Å². The second-order valence-electron chi connectivity index (χ2n) is 6.18. The van der Waals surface area contributed by atoms with Gasteiger partial charge >= 0.3 is 6.03 Å². The highest BCUT2D eigenvalue weighted by molar-refractivity contribution is 5.95. The number of rotatable bonds is 6. The Morgan fingerprint density at radius 1 is 1.12 bits per heavy atom. The van der Waals surface area contributed by atoms with Crippen LogP contribution in [0.25, 0.3) is 0 Å². The maximum Gasteiger partial charge on any atom is 0.321 e. The highest BCUT2D eigenvalue weighted by atomic mass is 19.1. The summed E-state index contributed by atoms with van der Waals surface area (Å²) in [6.07, 6.45) is 0.930. The van der Waals surface area contributed by atoms with Gasteiger partial charge in [-0.2, -0.15) is 0 Å². The minimum atomic E-state index is -0.551. The number of nitrogens with two attached hydrogens (primary N) is 1. The van der Waals surface area contributed by atoms with Gasteiger partial charge in [-0.3, -0.25) is 10.1 Å². The molecule has 0 saturated heterocycles. The lowest BCUT2D eigenvalue weighted by Gasteiger charge is -2.21. The third-order valence-electron chi connectivity index (χ3n) is 4.31. The van der Waals surface area contributed by atoms with Crippen molar-refractivity contribution < 1.29 is 19.3 Å². The topological polar surface area (TPSA) is 74.8 Å². The van der Waals surface area contributed by atoms with Crippen LogP contribution in [0.15, 0.2) is 48.5 Å². The van der Waals surface area contributed by atoms with Crippen molar-refractivity contribution >= 4 is 11.9 Å². The molecule has 2 aromatic rings. The third kappa shape index (κ3) is 5.13. The van der Waals surface area contributed by atoms with Crippen LogP contribution in [0, 0.1) is 5.82 Å². The molecule has 4 N–H and O–H groups in total. The molecule has 0 radical (unpaired) electrons. The van der Waals surface area contributed by atoms with E-state index >= 15 is 0 Å². The van der Waals surface area contributed by atoms with Gasteiger partial charge in [-0.05, 0) is 31.0 Å². The summed E-state index contributed by atoms with van der Waals surface area (Å²) in [4.78, 5) is 23.6. The Labute approximate surface area is 153 Å². The summed E-state index contributed by atoms with van der Waals surface area (Å²) in [7, 11) is 1.45. The Morgan fingerprint density at radius 2 is 1.81 bits per heavy atom. The molecule has 0 spiro atoms. The van der Waals surface area contributed by atoms with Gasteiger partial charge in [-0.1, -0.05) is 43.3 Å². The number of benzene rings is 2. The average molecular weight is 358 g/mol. The van der Waals surface area contributed by atoms with Crippen LogP contribution in [-0.2, 0) is 11.2 Å². The summed E-state index contributed by atoms with van der Waals surface area (Å²) in [6.45, 7) is 3.79. The molecule has 6 heteroatoms. The second kappa shape index (κ2) is 9.10. The van der Waals surface area contributed by atoms with Crippen molar-refractivity contribution in [2.75, 3.05) is 7.05 Å². The van der Waals surface area contributed by atoms with Gasteiger partial charge in [0.2, 0.25) is 0 Å². The average Bonchev–Trinajstić information content (AvgIpc) is 2.65. The fraction of sp³-hybridized carbons (Fsp3) is 0.300. The van der Waals surface area contributed by atoms with E-state index in [0.29, 0.717) is 0 Å². The number of halogens is 1. The zero-order valence-electron chi connectivity index (χ0n) is 15.3. The van der Waals surface area contributed by atoms with Crippen LogP contribution in [-0.4, -0.2) is 25.0 Å². The number of hydrogen-bond acceptors (Lipinski definition) is 2. The first-order chi connectivity index (χ1) is 12.4. The minimum absolute atomic E-state index is 0.262. The molecule has 3 amide bonds. The maximum absolute atomic E-state index is 13.7. The summed E-state index contributed by atoms with van der Waals surface area (Å²) in [5, 5.41) is 6.45. The summed E-state index contributed by atoms with van der Waals surface area (Å²) >= 11 is 0. The number of hydrogen-bond donors (Lipinski definition) is 3. The number of carbonyl (C=O) groups excluding carboxylic acids is 2. The smallest absolute Gasteiger partial charge is 0.321 e. The van der Waals surface area contributed by atoms with Gasteiger partial charge < -0.3 is 10.6 Å². The van der Waals surface area contributed by atoms with Crippen molar-refractivity contribution in [2.24, 2.45) is 0 Å². The van der Waals surface area contributed by atoms with Crippen molar-refractivity contribution in [2.45, 2.75) is 32.4 Å². The van der Waals surface area contributed by atoms with Crippen molar-refractivity contribution in [1.82, 2.24) is 10.6 Å². The molecule has 0 fully saturated rings. The fourth-order valence-electron chi connectivity index (χ4n) is 2.74. The van der Waals surface area contributed by atoms with Gasteiger partial charge in [0, 0.05) is 18.2 Å². The molecule has 138 valence electrons. The first-order valence-electron chi connectivity index (χ1n) is 8.66. The van der Waals surface area contributed by atoms with E-state index in [4.69, 9.17) is 0 Å². The van der Waals surface area contributed by atoms with Crippen LogP contribution in [0.2, 0.25) is 0 Å². The van der Waals surface area contributed by atoms with E-state index in [1.165, 1.54) is 24.7 Å². The number of carbonyl (C=O) groups is 2. The van der Waals surface area contributed by atoms with Gasteiger partial charge in [0.25, 0.3) is 5.91 Å². The monoisotopic (exact) mass is 358 g/mol. The molecule has 0 aliphatic carbocycles. The zero-order chi connectivity index (χ0) is 19.1. The van der Waals surface area contributed by atoms with E-state index in [2.05, 4.69) is 17.6 Å². The molecular weight excluding hydrogens is 333 g/mol. The van der Waals surface area contributed by atoms with Crippen LogP contribution in [0.3, 0.4) is 0 Å². The van der Waals surface area contributed by atoms with Gasteiger partial charge in [0.05, 0.1) is 0 Å². The van der Waals surface area contributed by atoms with Crippen LogP contribution in [0.4, 0.5) is 9.18 Å². The van der Waals surface area contributed by atoms with Crippen LogP contribution < -0.4 is 16.0 Å². The maximum atomic E-state index is 13.7.